The third-order valence-electron chi connectivity index (χ3n) is 5.84. The molecule has 4 aromatic rings. The molecule has 0 unspecified atom stereocenters. The fourth-order valence-corrected chi connectivity index (χ4v) is 5.64. The third-order valence-corrected chi connectivity index (χ3v) is 7.72. The lowest BCUT2D eigenvalue weighted by molar-refractivity contribution is -0.0500. The maximum absolute atomic E-state index is 14.2. The van der Waals surface area contributed by atoms with Crippen molar-refractivity contribution in [3.63, 3.8) is 0 Å². The van der Waals surface area contributed by atoms with E-state index in [9.17, 15) is 26.0 Å². The van der Waals surface area contributed by atoms with Crippen LogP contribution in [0.2, 0.25) is 0 Å². The van der Waals surface area contributed by atoms with Crippen LogP contribution in [0.1, 0.15) is 32.5 Å². The van der Waals surface area contributed by atoms with Crippen LogP contribution in [0, 0.1) is 5.82 Å². The molecule has 0 fully saturated rings. The van der Waals surface area contributed by atoms with Crippen molar-refractivity contribution in [1.29, 1.82) is 0 Å². The van der Waals surface area contributed by atoms with Gasteiger partial charge in [-0.3, -0.25) is 4.68 Å². The maximum atomic E-state index is 14.2. The number of thiophene rings is 1. The van der Waals surface area contributed by atoms with Gasteiger partial charge in [-0.25, -0.2) is 9.37 Å². The normalized spacial score (nSPS) is 16.2. The minimum atomic E-state index is -6.01. The van der Waals surface area contributed by atoms with Crippen molar-refractivity contribution in [2.75, 3.05) is 6.54 Å². The van der Waals surface area contributed by atoms with Crippen LogP contribution in [0.25, 0.3) is 32.6 Å². The second kappa shape index (κ2) is 9.50. The summed E-state index contributed by atoms with van der Waals surface area (Å²) < 4.78 is 90.3. The Labute approximate surface area is 219 Å². The summed E-state index contributed by atoms with van der Waals surface area (Å²) in [5.74, 6) is -1.09. The quantitative estimate of drug-likeness (QED) is 0.182. The lowest BCUT2D eigenvalue weighted by atomic mass is 9.99. The maximum Gasteiger partial charge on any atom is 0.534 e. The Morgan fingerprint density at radius 3 is 2.66 bits per heavy atom. The van der Waals surface area contributed by atoms with Crippen molar-refractivity contribution in [3.8, 4) is 34.1 Å². The molecule has 1 atom stereocenters. The number of hydrogen-bond donors (Lipinski definition) is 1. The van der Waals surface area contributed by atoms with Gasteiger partial charge in [-0.2, -0.15) is 26.7 Å². The lowest BCUT2D eigenvalue weighted by Crippen LogP contribution is -2.31. The van der Waals surface area contributed by atoms with Crippen molar-refractivity contribution < 1.29 is 34.9 Å². The van der Waals surface area contributed by atoms with E-state index < -0.39 is 27.3 Å². The van der Waals surface area contributed by atoms with Gasteiger partial charge in [0.1, 0.15) is 23.0 Å². The van der Waals surface area contributed by atoms with Crippen LogP contribution in [-0.2, 0) is 16.7 Å². The predicted molar refractivity (Wildman–Crippen MR) is 134 cm³/mol. The first-order valence-corrected chi connectivity index (χ1v) is 13.8. The van der Waals surface area contributed by atoms with Crippen LogP contribution in [0.3, 0.4) is 0 Å². The molecule has 14 heteroatoms. The van der Waals surface area contributed by atoms with Crippen LogP contribution in [0.5, 0.6) is 11.6 Å². The molecule has 4 heterocycles. The van der Waals surface area contributed by atoms with E-state index in [0.29, 0.717) is 28.9 Å². The van der Waals surface area contributed by atoms with Gasteiger partial charge in [-0.05, 0) is 50.4 Å². The summed E-state index contributed by atoms with van der Waals surface area (Å²) in [6.07, 6.45) is -0.322. The summed E-state index contributed by atoms with van der Waals surface area (Å²) in [6.45, 7) is 6.64. The minimum absolute atomic E-state index is 0.0200. The zero-order chi connectivity index (χ0) is 27.4. The van der Waals surface area contributed by atoms with E-state index in [2.05, 4.69) is 19.6 Å². The number of aromatic nitrogens is 3. The molecule has 1 aliphatic rings. The highest BCUT2D eigenvalue weighted by Gasteiger charge is 2.49. The summed E-state index contributed by atoms with van der Waals surface area (Å²) in [5, 5.41) is 9.52. The largest absolute Gasteiger partial charge is 0.534 e. The average Bonchev–Trinajstić information content (AvgIpc) is 3.46. The molecule has 5 rings (SSSR count). The van der Waals surface area contributed by atoms with Crippen molar-refractivity contribution in [1.82, 2.24) is 20.1 Å². The van der Waals surface area contributed by atoms with Crippen LogP contribution >= 0.6 is 11.3 Å². The number of halogens is 4. The fraction of sp³-hybridized carbons (Fsp3) is 0.333. The second-order valence-electron chi connectivity index (χ2n) is 9.04. The van der Waals surface area contributed by atoms with Gasteiger partial charge < -0.3 is 14.2 Å². The van der Waals surface area contributed by atoms with Crippen LogP contribution in [0.15, 0.2) is 35.7 Å². The number of nitrogens with zero attached hydrogens (tertiary/aromatic N) is 3. The predicted octanol–water partition coefficient (Wildman–Crippen LogP) is 5.65. The minimum Gasteiger partial charge on any atom is -0.490 e. The summed E-state index contributed by atoms with van der Waals surface area (Å²) >= 11 is 1.14. The topological polar surface area (TPSA) is 95.3 Å². The zero-order valence-corrected chi connectivity index (χ0v) is 22.0. The summed E-state index contributed by atoms with van der Waals surface area (Å²) in [4.78, 5) is 4.29. The molecule has 8 nitrogen and oxygen atoms in total. The Morgan fingerprint density at radius 2 is 1.97 bits per heavy atom. The number of hydrogen-bond acceptors (Lipinski definition) is 8. The average molecular weight is 571 g/mol. The van der Waals surface area contributed by atoms with Gasteiger partial charge in [-0.1, -0.05) is 0 Å². The number of rotatable bonds is 6. The van der Waals surface area contributed by atoms with Crippen molar-refractivity contribution in [2.45, 2.75) is 45.0 Å². The first kappa shape index (κ1) is 26.4. The number of pyridine rings is 1. The van der Waals surface area contributed by atoms with Crippen molar-refractivity contribution in [2.24, 2.45) is 0 Å². The van der Waals surface area contributed by atoms with E-state index in [1.165, 1.54) is 24.3 Å². The molecule has 0 aliphatic carbocycles. The van der Waals surface area contributed by atoms with E-state index >= 15 is 0 Å². The van der Waals surface area contributed by atoms with Gasteiger partial charge in [-0.15, -0.1) is 11.3 Å². The molecule has 202 valence electrons. The molecule has 1 aliphatic heterocycles. The molecule has 38 heavy (non-hydrogen) atoms. The summed E-state index contributed by atoms with van der Waals surface area (Å²) in [6, 6.07) is 7.05. The summed E-state index contributed by atoms with van der Waals surface area (Å²) in [7, 11) is -6.01. The molecule has 0 amide bonds. The van der Waals surface area contributed by atoms with Gasteiger partial charge >= 0.3 is 15.6 Å². The Balaban J connectivity index is 1.82. The van der Waals surface area contributed by atoms with Crippen LogP contribution in [0.4, 0.5) is 17.6 Å². The van der Waals surface area contributed by atoms with E-state index in [1.807, 2.05) is 6.92 Å². The zero-order valence-electron chi connectivity index (χ0n) is 20.3. The Morgan fingerprint density at radius 1 is 1.21 bits per heavy atom. The molecule has 3 aromatic heterocycles. The SMILES string of the molecule is CC(C)Oc1cc(F)ccc1-c1c(-c2cc3n(n2)[C@H](C)CNC3)nc(OS(=O)(=O)C(F)(F)F)c2ccsc12. The highest BCUT2D eigenvalue weighted by molar-refractivity contribution is 7.88. The van der Waals surface area contributed by atoms with Gasteiger partial charge in [0.25, 0.3) is 0 Å². The third kappa shape index (κ3) is 4.71. The number of benzene rings is 1. The molecule has 1 N–H and O–H groups in total. The number of nitrogens with one attached hydrogen (secondary N) is 1. The summed E-state index contributed by atoms with van der Waals surface area (Å²) in [5.41, 5.74) is -3.67. The van der Waals surface area contributed by atoms with E-state index in [0.717, 1.165) is 17.0 Å². The molecule has 0 saturated carbocycles. The standard InChI is InChI=1S/C24H22F4N4O4S2/c1-12(2)35-19-8-14(25)4-5-16(19)20-21(18-9-15-11-29-10-13(3)32(15)31-18)30-23(17-6-7-37-22(17)20)36-38(33,34)24(26,27)28/h4-9,12-13,29H,10-11H2,1-3H3/t13-/m1/s1. The highest BCUT2D eigenvalue weighted by atomic mass is 32.2. The van der Waals surface area contributed by atoms with Gasteiger partial charge in [0.15, 0.2) is 0 Å². The molecule has 0 spiro atoms. The molecule has 0 saturated heterocycles. The molecular formula is C24H22F4N4O4S2. The van der Waals surface area contributed by atoms with Crippen LogP contribution < -0.4 is 14.2 Å². The van der Waals surface area contributed by atoms with Crippen molar-refractivity contribution in [3.05, 3.63) is 47.2 Å². The molecule has 1 aromatic carbocycles. The second-order valence-corrected chi connectivity index (χ2v) is 11.5. The number of fused-ring (bicyclic) bond motifs is 2. The number of alkyl halides is 3. The van der Waals surface area contributed by atoms with Gasteiger partial charge in [0.05, 0.1) is 23.2 Å². The molecule has 0 bridgehead atoms. The Hall–Kier alpha value is -3.23. The van der Waals surface area contributed by atoms with E-state index in [-0.39, 0.29) is 34.7 Å². The Kier molecular flexibility index (Phi) is 6.60. The lowest BCUT2D eigenvalue weighted by Gasteiger charge is -2.21. The Bertz CT molecular complexity index is 1630. The molecule has 0 radical (unpaired) electrons. The monoisotopic (exact) mass is 570 g/mol. The van der Waals surface area contributed by atoms with E-state index in [4.69, 9.17) is 4.74 Å². The first-order valence-electron chi connectivity index (χ1n) is 11.5. The van der Waals surface area contributed by atoms with Crippen molar-refractivity contribution >= 4 is 31.5 Å². The van der Waals surface area contributed by atoms with Gasteiger partial charge in [0.2, 0.25) is 5.88 Å². The fourth-order valence-electron chi connectivity index (χ4n) is 4.26. The highest BCUT2D eigenvalue weighted by Crippen LogP contribution is 2.46. The van der Waals surface area contributed by atoms with Crippen LogP contribution in [-0.4, -0.2) is 41.3 Å². The number of ether oxygens (including phenoxy) is 1. The smallest absolute Gasteiger partial charge is 0.490 e. The first-order chi connectivity index (χ1) is 17.9. The van der Waals surface area contributed by atoms with Gasteiger partial charge in [0, 0.05) is 35.0 Å². The van der Waals surface area contributed by atoms with E-state index in [1.54, 1.807) is 30.0 Å². The molecular weight excluding hydrogens is 548 g/mol.